The molecule has 0 fully saturated rings. The number of aliphatic hydroxyl groups excluding tert-OH is 1. The number of aliphatic hydroxyl groups is 1. The molecule has 72 valence electrons. The van der Waals surface area contributed by atoms with E-state index in [1.807, 2.05) is 0 Å². The van der Waals surface area contributed by atoms with Gasteiger partial charge in [-0.3, -0.25) is 0 Å². The predicted octanol–water partition coefficient (Wildman–Crippen LogP) is 2.47. The summed E-state index contributed by atoms with van der Waals surface area (Å²) in [5, 5.41) is 8.72. The molecular weight excluding hydrogens is 200 g/mol. The minimum atomic E-state index is -2.64. The third-order valence-corrected chi connectivity index (χ3v) is 1.94. The lowest BCUT2D eigenvalue weighted by atomic mass is 10.1. The van der Waals surface area contributed by atoms with Crippen LogP contribution in [0.2, 0.25) is 5.15 Å². The van der Waals surface area contributed by atoms with Gasteiger partial charge in [-0.15, -0.1) is 0 Å². The summed E-state index contributed by atoms with van der Waals surface area (Å²) in [5.41, 5.74) is 0.166. The summed E-state index contributed by atoms with van der Waals surface area (Å²) in [4.78, 5) is 3.76. The van der Waals surface area contributed by atoms with Crippen LogP contribution in [-0.2, 0) is 6.61 Å². The first-order valence-corrected chi connectivity index (χ1v) is 3.99. The second kappa shape index (κ2) is 3.98. The number of hydrogen-bond donors (Lipinski definition) is 1. The summed E-state index contributed by atoms with van der Waals surface area (Å²) in [6, 6.07) is 1.22. The molecule has 0 amide bonds. The van der Waals surface area contributed by atoms with Gasteiger partial charge in [0.2, 0.25) is 0 Å². The second-order valence-electron chi connectivity index (χ2n) is 2.58. The summed E-state index contributed by atoms with van der Waals surface area (Å²) in [7, 11) is 0. The molecule has 0 aliphatic rings. The number of pyridine rings is 1. The Morgan fingerprint density at radius 2 is 2.23 bits per heavy atom. The van der Waals surface area contributed by atoms with Gasteiger partial charge in [0.05, 0.1) is 6.61 Å². The van der Waals surface area contributed by atoms with Gasteiger partial charge in [-0.1, -0.05) is 11.6 Å². The van der Waals surface area contributed by atoms with E-state index < -0.39 is 13.0 Å². The molecule has 1 aromatic rings. The van der Waals surface area contributed by atoms with Crippen molar-refractivity contribution in [2.24, 2.45) is 0 Å². The number of aryl methyl sites for hydroxylation is 1. The van der Waals surface area contributed by atoms with Crippen molar-refractivity contribution < 1.29 is 13.9 Å². The lowest BCUT2D eigenvalue weighted by Gasteiger charge is -2.08. The highest BCUT2D eigenvalue weighted by Crippen LogP contribution is 2.27. The monoisotopic (exact) mass is 207 g/mol. The summed E-state index contributed by atoms with van der Waals surface area (Å²) in [5.74, 6) is 0. The smallest absolute Gasteiger partial charge is 0.264 e. The third-order valence-electron chi connectivity index (χ3n) is 1.63. The summed E-state index contributed by atoms with van der Waals surface area (Å²) in [6.45, 7) is 1.05. The van der Waals surface area contributed by atoms with Crippen LogP contribution < -0.4 is 0 Å². The molecular formula is C8H8ClF2NO. The maximum Gasteiger partial charge on any atom is 0.264 e. The molecule has 0 saturated heterocycles. The van der Waals surface area contributed by atoms with Gasteiger partial charge in [0.1, 0.15) is 5.15 Å². The molecule has 5 heteroatoms. The molecule has 13 heavy (non-hydrogen) atoms. The molecule has 1 rings (SSSR count). The Bertz CT molecular complexity index is 317. The number of halogens is 3. The fraction of sp³-hybridized carbons (Fsp3) is 0.375. The number of nitrogens with zero attached hydrogens (tertiary/aromatic N) is 1. The lowest BCUT2D eigenvalue weighted by molar-refractivity contribution is 0.147. The molecule has 0 aliphatic heterocycles. The zero-order chi connectivity index (χ0) is 10.0. The Kier molecular flexibility index (Phi) is 3.17. The van der Waals surface area contributed by atoms with Gasteiger partial charge in [-0.2, -0.15) is 0 Å². The Morgan fingerprint density at radius 3 is 2.69 bits per heavy atom. The first kappa shape index (κ1) is 10.3. The number of hydrogen-bond acceptors (Lipinski definition) is 2. The second-order valence-corrected chi connectivity index (χ2v) is 2.94. The summed E-state index contributed by atoms with van der Waals surface area (Å²) >= 11 is 5.57. The van der Waals surface area contributed by atoms with E-state index in [1.54, 1.807) is 6.92 Å². The van der Waals surface area contributed by atoms with Crippen molar-refractivity contribution >= 4 is 11.6 Å². The van der Waals surface area contributed by atoms with Crippen LogP contribution in [0.4, 0.5) is 8.78 Å². The lowest BCUT2D eigenvalue weighted by Crippen LogP contribution is -1.99. The Morgan fingerprint density at radius 1 is 1.62 bits per heavy atom. The zero-order valence-electron chi connectivity index (χ0n) is 6.89. The minimum Gasteiger partial charge on any atom is -0.392 e. The van der Waals surface area contributed by atoms with Gasteiger partial charge < -0.3 is 5.11 Å². The SMILES string of the molecule is Cc1cc(C(F)F)c(CO)c(Cl)n1. The Labute approximate surface area is 79.2 Å². The number of alkyl halides is 2. The van der Waals surface area contributed by atoms with Crippen LogP contribution in [0.5, 0.6) is 0 Å². The highest BCUT2D eigenvalue weighted by atomic mass is 35.5. The van der Waals surface area contributed by atoms with Crippen molar-refractivity contribution in [1.82, 2.24) is 4.98 Å². The van der Waals surface area contributed by atoms with E-state index in [-0.39, 0.29) is 16.3 Å². The first-order chi connectivity index (χ1) is 6.06. The van der Waals surface area contributed by atoms with Crippen LogP contribution in [0.1, 0.15) is 23.2 Å². The average Bonchev–Trinajstić information content (AvgIpc) is 2.02. The third kappa shape index (κ3) is 2.14. The topological polar surface area (TPSA) is 33.1 Å². The molecule has 0 radical (unpaired) electrons. The molecule has 0 aliphatic carbocycles. The largest absolute Gasteiger partial charge is 0.392 e. The highest BCUT2D eigenvalue weighted by Gasteiger charge is 2.16. The molecule has 1 aromatic heterocycles. The maximum atomic E-state index is 12.4. The van der Waals surface area contributed by atoms with Gasteiger partial charge in [0.25, 0.3) is 6.43 Å². The predicted molar refractivity (Wildman–Crippen MR) is 44.9 cm³/mol. The van der Waals surface area contributed by atoms with Crippen LogP contribution in [0.25, 0.3) is 0 Å². The average molecular weight is 208 g/mol. The van der Waals surface area contributed by atoms with E-state index >= 15 is 0 Å². The molecule has 0 bridgehead atoms. The Balaban J connectivity index is 3.29. The van der Waals surface area contributed by atoms with Crippen LogP contribution >= 0.6 is 11.6 Å². The first-order valence-electron chi connectivity index (χ1n) is 3.61. The Hall–Kier alpha value is -0.740. The van der Waals surface area contributed by atoms with E-state index in [2.05, 4.69) is 4.98 Å². The van der Waals surface area contributed by atoms with Crippen LogP contribution in [0, 0.1) is 6.92 Å². The summed E-state index contributed by atoms with van der Waals surface area (Å²) in [6.07, 6.45) is -2.64. The molecule has 0 saturated carbocycles. The van der Waals surface area contributed by atoms with Crippen molar-refractivity contribution in [2.45, 2.75) is 20.0 Å². The molecule has 0 spiro atoms. The van der Waals surface area contributed by atoms with Crippen LogP contribution in [0.3, 0.4) is 0 Å². The van der Waals surface area contributed by atoms with Gasteiger partial charge in [0.15, 0.2) is 0 Å². The summed E-state index contributed by atoms with van der Waals surface area (Å²) < 4.78 is 24.8. The quantitative estimate of drug-likeness (QED) is 0.756. The zero-order valence-corrected chi connectivity index (χ0v) is 7.65. The molecule has 0 unspecified atom stereocenters. The van der Waals surface area contributed by atoms with E-state index in [0.29, 0.717) is 5.69 Å². The van der Waals surface area contributed by atoms with E-state index in [9.17, 15) is 8.78 Å². The number of aromatic nitrogens is 1. The minimum absolute atomic E-state index is 0.00210. The molecule has 1 heterocycles. The van der Waals surface area contributed by atoms with E-state index in [1.165, 1.54) is 6.07 Å². The van der Waals surface area contributed by atoms with Crippen molar-refractivity contribution in [3.05, 3.63) is 28.0 Å². The molecule has 0 aromatic carbocycles. The van der Waals surface area contributed by atoms with Crippen LogP contribution in [0.15, 0.2) is 6.07 Å². The van der Waals surface area contributed by atoms with E-state index in [0.717, 1.165) is 0 Å². The van der Waals surface area contributed by atoms with Crippen molar-refractivity contribution in [3.8, 4) is 0 Å². The molecule has 2 nitrogen and oxygen atoms in total. The highest BCUT2D eigenvalue weighted by molar-refractivity contribution is 6.30. The van der Waals surface area contributed by atoms with Gasteiger partial charge in [0, 0.05) is 16.8 Å². The molecule has 1 N–H and O–H groups in total. The normalized spacial score (nSPS) is 10.9. The van der Waals surface area contributed by atoms with Crippen LogP contribution in [-0.4, -0.2) is 10.1 Å². The van der Waals surface area contributed by atoms with Crippen molar-refractivity contribution in [1.29, 1.82) is 0 Å². The van der Waals surface area contributed by atoms with E-state index in [4.69, 9.17) is 16.7 Å². The van der Waals surface area contributed by atoms with Crippen molar-refractivity contribution in [3.63, 3.8) is 0 Å². The van der Waals surface area contributed by atoms with Gasteiger partial charge in [-0.05, 0) is 13.0 Å². The maximum absolute atomic E-state index is 12.4. The van der Waals surface area contributed by atoms with Crippen molar-refractivity contribution in [2.75, 3.05) is 0 Å². The fourth-order valence-corrected chi connectivity index (χ4v) is 1.34. The number of rotatable bonds is 2. The fourth-order valence-electron chi connectivity index (χ4n) is 1.04. The molecule has 0 atom stereocenters. The standard InChI is InChI=1S/C8H8ClF2NO/c1-4-2-5(8(10)11)6(3-13)7(9)12-4/h2,8,13H,3H2,1H3. The van der Waals surface area contributed by atoms with Gasteiger partial charge >= 0.3 is 0 Å². The van der Waals surface area contributed by atoms with Gasteiger partial charge in [-0.25, -0.2) is 13.8 Å².